The van der Waals surface area contributed by atoms with Crippen LogP contribution in [0.15, 0.2) is 28.7 Å². The van der Waals surface area contributed by atoms with Crippen molar-refractivity contribution in [2.45, 2.75) is 37.6 Å². The van der Waals surface area contributed by atoms with Crippen LogP contribution in [-0.2, 0) is 9.59 Å². The highest BCUT2D eigenvalue weighted by Gasteiger charge is 2.42. The van der Waals surface area contributed by atoms with Crippen LogP contribution in [0.2, 0.25) is 0 Å². The summed E-state index contributed by atoms with van der Waals surface area (Å²) in [6.45, 7) is 0.220. The Morgan fingerprint density at radius 1 is 1.33 bits per heavy atom. The number of carboxylic acid groups (broad SMARTS) is 1. The van der Waals surface area contributed by atoms with Crippen LogP contribution < -0.4 is 10.1 Å². The van der Waals surface area contributed by atoms with Crippen LogP contribution in [0.25, 0.3) is 0 Å². The number of aliphatic carboxylic acids is 1. The summed E-state index contributed by atoms with van der Waals surface area (Å²) in [7, 11) is 0. The average Bonchev–Trinajstić information content (AvgIpc) is 2.88. The van der Waals surface area contributed by atoms with Gasteiger partial charge >= 0.3 is 5.97 Å². The zero-order valence-corrected chi connectivity index (χ0v) is 13.2. The Morgan fingerprint density at radius 3 is 2.67 bits per heavy atom. The molecule has 2 N–H and O–H groups in total. The van der Waals surface area contributed by atoms with Gasteiger partial charge in [0, 0.05) is 4.47 Å². The second-order valence-electron chi connectivity index (χ2n) is 5.20. The SMILES string of the molecule is O=C(CCOc1cccc(Br)c1)NC1(C(=O)O)CCCC1. The van der Waals surface area contributed by atoms with Crippen molar-refractivity contribution < 1.29 is 19.4 Å². The standard InChI is InChI=1S/C15H18BrNO4/c16-11-4-3-5-12(10-11)21-9-6-13(18)17-15(14(19)20)7-1-2-8-15/h3-5,10H,1-2,6-9H2,(H,17,18)(H,19,20). The predicted molar refractivity (Wildman–Crippen MR) is 81.2 cm³/mol. The zero-order valence-electron chi connectivity index (χ0n) is 11.6. The van der Waals surface area contributed by atoms with Gasteiger partial charge in [0.15, 0.2) is 0 Å². The molecule has 5 nitrogen and oxygen atoms in total. The maximum atomic E-state index is 11.9. The van der Waals surface area contributed by atoms with E-state index < -0.39 is 11.5 Å². The Kier molecular flexibility index (Phi) is 5.22. The molecule has 0 unspecified atom stereocenters. The molecule has 1 aliphatic carbocycles. The van der Waals surface area contributed by atoms with Crippen LogP contribution in [0, 0.1) is 0 Å². The highest BCUT2D eigenvalue weighted by atomic mass is 79.9. The quantitative estimate of drug-likeness (QED) is 0.822. The van der Waals surface area contributed by atoms with Crippen LogP contribution >= 0.6 is 15.9 Å². The third-order valence-electron chi connectivity index (χ3n) is 3.64. The van der Waals surface area contributed by atoms with Gasteiger partial charge in [-0.2, -0.15) is 0 Å². The molecule has 0 saturated heterocycles. The van der Waals surface area contributed by atoms with Gasteiger partial charge in [0.1, 0.15) is 11.3 Å². The van der Waals surface area contributed by atoms with E-state index in [4.69, 9.17) is 4.74 Å². The number of nitrogens with one attached hydrogen (secondary N) is 1. The van der Waals surface area contributed by atoms with Crippen molar-refractivity contribution in [3.63, 3.8) is 0 Å². The van der Waals surface area contributed by atoms with Gasteiger partial charge < -0.3 is 15.2 Å². The fraction of sp³-hybridized carbons (Fsp3) is 0.467. The molecule has 6 heteroatoms. The van der Waals surface area contributed by atoms with E-state index >= 15 is 0 Å². The third-order valence-corrected chi connectivity index (χ3v) is 4.13. The van der Waals surface area contributed by atoms with Crippen LogP contribution in [0.3, 0.4) is 0 Å². The van der Waals surface area contributed by atoms with Gasteiger partial charge in [-0.3, -0.25) is 4.79 Å². The molecule has 0 aromatic heterocycles. The molecule has 0 spiro atoms. The second kappa shape index (κ2) is 6.93. The first kappa shape index (κ1) is 15.8. The monoisotopic (exact) mass is 355 g/mol. The molecule has 2 rings (SSSR count). The molecule has 1 fully saturated rings. The van der Waals surface area contributed by atoms with Crippen molar-refractivity contribution in [2.75, 3.05) is 6.61 Å². The number of amides is 1. The molecule has 0 heterocycles. The Bertz CT molecular complexity index is 526. The van der Waals surface area contributed by atoms with E-state index in [-0.39, 0.29) is 18.9 Å². The maximum Gasteiger partial charge on any atom is 0.329 e. The molecule has 21 heavy (non-hydrogen) atoms. The fourth-order valence-corrected chi connectivity index (χ4v) is 2.90. The van der Waals surface area contributed by atoms with Crippen LogP contribution in [-0.4, -0.2) is 29.1 Å². The fourth-order valence-electron chi connectivity index (χ4n) is 2.52. The first-order valence-electron chi connectivity index (χ1n) is 6.95. The van der Waals surface area contributed by atoms with Gasteiger partial charge in [0.25, 0.3) is 0 Å². The lowest BCUT2D eigenvalue weighted by Gasteiger charge is -2.25. The second-order valence-corrected chi connectivity index (χ2v) is 6.11. The Labute approximate surface area is 131 Å². The van der Waals surface area contributed by atoms with E-state index in [1.807, 2.05) is 18.2 Å². The topological polar surface area (TPSA) is 75.6 Å². The number of ether oxygens (including phenoxy) is 1. The number of benzene rings is 1. The lowest BCUT2D eigenvalue weighted by molar-refractivity contribution is -0.147. The number of hydrogen-bond donors (Lipinski definition) is 2. The molecule has 1 amide bonds. The Morgan fingerprint density at radius 2 is 2.05 bits per heavy atom. The normalized spacial score (nSPS) is 16.4. The summed E-state index contributed by atoms with van der Waals surface area (Å²) in [6.07, 6.45) is 2.81. The van der Waals surface area contributed by atoms with Gasteiger partial charge in [-0.25, -0.2) is 4.79 Å². The molecule has 1 aliphatic rings. The van der Waals surface area contributed by atoms with Crippen molar-refractivity contribution in [1.29, 1.82) is 0 Å². The van der Waals surface area contributed by atoms with Gasteiger partial charge in [-0.15, -0.1) is 0 Å². The summed E-state index contributed by atoms with van der Waals surface area (Å²) in [5.41, 5.74) is -1.08. The van der Waals surface area contributed by atoms with Crippen molar-refractivity contribution in [3.8, 4) is 5.75 Å². The maximum absolute atomic E-state index is 11.9. The van der Waals surface area contributed by atoms with E-state index in [0.717, 1.165) is 17.3 Å². The largest absolute Gasteiger partial charge is 0.493 e. The molecule has 0 atom stereocenters. The molecule has 0 radical (unpaired) electrons. The number of carbonyl (C=O) groups is 2. The van der Waals surface area contributed by atoms with Crippen LogP contribution in [0.5, 0.6) is 5.75 Å². The van der Waals surface area contributed by atoms with Crippen molar-refractivity contribution in [3.05, 3.63) is 28.7 Å². The molecule has 1 aromatic carbocycles. The molecule has 114 valence electrons. The first-order valence-corrected chi connectivity index (χ1v) is 7.74. The molecule has 1 aromatic rings. The summed E-state index contributed by atoms with van der Waals surface area (Å²) >= 11 is 3.34. The minimum Gasteiger partial charge on any atom is -0.493 e. The lowest BCUT2D eigenvalue weighted by atomic mass is 9.97. The van der Waals surface area contributed by atoms with E-state index in [9.17, 15) is 14.7 Å². The van der Waals surface area contributed by atoms with Gasteiger partial charge in [-0.1, -0.05) is 34.8 Å². The van der Waals surface area contributed by atoms with Gasteiger partial charge in [0.2, 0.25) is 5.91 Å². The highest BCUT2D eigenvalue weighted by molar-refractivity contribution is 9.10. The summed E-state index contributed by atoms with van der Waals surface area (Å²) in [6, 6.07) is 7.35. The number of halogens is 1. The van der Waals surface area contributed by atoms with Crippen molar-refractivity contribution >= 4 is 27.8 Å². The lowest BCUT2D eigenvalue weighted by Crippen LogP contribution is -2.52. The molecular weight excluding hydrogens is 338 g/mol. The smallest absolute Gasteiger partial charge is 0.329 e. The average molecular weight is 356 g/mol. The molecule has 0 aliphatic heterocycles. The van der Waals surface area contributed by atoms with E-state index in [1.165, 1.54) is 0 Å². The minimum atomic E-state index is -1.08. The summed E-state index contributed by atoms with van der Waals surface area (Å²) in [5, 5.41) is 12.0. The number of hydrogen-bond acceptors (Lipinski definition) is 3. The molecular formula is C15H18BrNO4. The zero-order chi connectivity index (χ0) is 15.3. The number of carboxylic acids is 1. The van der Waals surface area contributed by atoms with E-state index in [2.05, 4.69) is 21.2 Å². The molecule has 1 saturated carbocycles. The first-order chi connectivity index (χ1) is 10.0. The number of rotatable bonds is 6. The summed E-state index contributed by atoms with van der Waals surface area (Å²) < 4.78 is 6.38. The Balaban J connectivity index is 1.81. The summed E-state index contributed by atoms with van der Waals surface area (Å²) in [4.78, 5) is 23.2. The Hall–Kier alpha value is -1.56. The van der Waals surface area contributed by atoms with E-state index in [1.54, 1.807) is 6.07 Å². The number of carbonyl (C=O) groups excluding carboxylic acids is 1. The molecule has 0 bridgehead atoms. The third kappa shape index (κ3) is 4.20. The highest BCUT2D eigenvalue weighted by Crippen LogP contribution is 2.30. The van der Waals surface area contributed by atoms with Crippen LogP contribution in [0.4, 0.5) is 0 Å². The van der Waals surface area contributed by atoms with Crippen LogP contribution in [0.1, 0.15) is 32.1 Å². The van der Waals surface area contributed by atoms with Gasteiger partial charge in [-0.05, 0) is 31.0 Å². The van der Waals surface area contributed by atoms with Crippen molar-refractivity contribution in [2.24, 2.45) is 0 Å². The van der Waals surface area contributed by atoms with Gasteiger partial charge in [0.05, 0.1) is 13.0 Å². The van der Waals surface area contributed by atoms with E-state index in [0.29, 0.717) is 18.6 Å². The minimum absolute atomic E-state index is 0.140. The van der Waals surface area contributed by atoms with Crippen molar-refractivity contribution in [1.82, 2.24) is 5.32 Å². The summed E-state index contributed by atoms with van der Waals surface area (Å²) in [5.74, 6) is -0.554. The predicted octanol–water partition coefficient (Wildman–Crippen LogP) is 2.73.